The van der Waals surface area contributed by atoms with Crippen molar-refractivity contribution in [1.82, 2.24) is 25.2 Å². The van der Waals surface area contributed by atoms with E-state index in [4.69, 9.17) is 19.8 Å². The predicted molar refractivity (Wildman–Crippen MR) is 112 cm³/mol. The van der Waals surface area contributed by atoms with Gasteiger partial charge in [0.05, 0.1) is 5.69 Å². The molecule has 3 rings (SSSR count). The van der Waals surface area contributed by atoms with Crippen LogP contribution in [0.15, 0.2) is 23.0 Å². The summed E-state index contributed by atoms with van der Waals surface area (Å²) in [6.45, 7) is 5.05. The highest BCUT2D eigenvalue weighted by Crippen LogP contribution is 2.14. The third-order valence-corrected chi connectivity index (χ3v) is 5.11. The highest BCUT2D eigenvalue weighted by Gasteiger charge is 2.38. The van der Waals surface area contributed by atoms with Crippen LogP contribution in [0.4, 0.5) is 26.3 Å². The van der Waals surface area contributed by atoms with Gasteiger partial charge in [0.1, 0.15) is 0 Å². The standard InChI is InChI=1S/C15H23N5S.2C2HF3O2/c1-19(8-14-4-6-21-12-14)10-15-11-20(18-17-15)9-13-3-2-5-16-7-13;2*3-2(4,5)1(6)7/h4,6,11-13,16H,2-3,5,7-10H2,1H3;2*(H,6,7). The van der Waals surface area contributed by atoms with E-state index in [1.54, 1.807) is 11.3 Å². The second-order valence-corrected chi connectivity index (χ2v) is 8.33. The predicted octanol–water partition coefficient (Wildman–Crippen LogP) is 3.24. The highest BCUT2D eigenvalue weighted by atomic mass is 32.1. The summed E-state index contributed by atoms with van der Waals surface area (Å²) >= 11 is 1.75. The fourth-order valence-corrected chi connectivity index (χ4v) is 3.53. The lowest BCUT2D eigenvalue weighted by Crippen LogP contribution is -2.32. The maximum absolute atomic E-state index is 10.6. The number of hydrogen-bond acceptors (Lipinski definition) is 7. The number of carboxylic acids is 2. The van der Waals surface area contributed by atoms with Crippen molar-refractivity contribution in [3.05, 3.63) is 34.3 Å². The Labute approximate surface area is 200 Å². The summed E-state index contributed by atoms with van der Waals surface area (Å²) in [5.41, 5.74) is 2.42. The van der Waals surface area contributed by atoms with Gasteiger partial charge in [-0.2, -0.15) is 37.7 Å². The molecule has 2 aromatic rings. The molecular formula is C19H25F6N5O4S. The Morgan fingerprint density at radius 2 is 1.77 bits per heavy atom. The summed E-state index contributed by atoms with van der Waals surface area (Å²) in [4.78, 5) is 20.1. The second-order valence-electron chi connectivity index (χ2n) is 7.55. The van der Waals surface area contributed by atoms with Crippen LogP contribution in [0.1, 0.15) is 24.1 Å². The van der Waals surface area contributed by atoms with Crippen molar-refractivity contribution in [2.75, 3.05) is 20.1 Å². The van der Waals surface area contributed by atoms with Gasteiger partial charge in [-0.05, 0) is 61.3 Å². The van der Waals surface area contributed by atoms with E-state index < -0.39 is 24.3 Å². The zero-order valence-corrected chi connectivity index (χ0v) is 19.3. The van der Waals surface area contributed by atoms with Crippen LogP contribution in [0.5, 0.6) is 0 Å². The molecule has 1 fully saturated rings. The summed E-state index contributed by atoms with van der Waals surface area (Å²) in [6.07, 6.45) is -5.51. The molecule has 35 heavy (non-hydrogen) atoms. The van der Waals surface area contributed by atoms with Crippen molar-refractivity contribution in [1.29, 1.82) is 0 Å². The molecule has 16 heteroatoms. The molecule has 0 bridgehead atoms. The van der Waals surface area contributed by atoms with Crippen molar-refractivity contribution in [2.45, 2.75) is 44.8 Å². The van der Waals surface area contributed by atoms with Gasteiger partial charge in [0.15, 0.2) is 0 Å². The molecule has 3 heterocycles. The third kappa shape index (κ3) is 13.1. The number of aliphatic carboxylic acids is 2. The van der Waals surface area contributed by atoms with Crippen LogP contribution in [0.25, 0.3) is 0 Å². The number of hydrogen-bond donors (Lipinski definition) is 3. The number of carboxylic acid groups (broad SMARTS) is 2. The van der Waals surface area contributed by atoms with Crippen LogP contribution >= 0.6 is 11.3 Å². The van der Waals surface area contributed by atoms with Gasteiger partial charge in [-0.1, -0.05) is 5.21 Å². The second kappa shape index (κ2) is 14.0. The molecule has 1 aliphatic heterocycles. The first-order chi connectivity index (χ1) is 16.2. The zero-order chi connectivity index (χ0) is 26.6. The number of rotatable bonds is 6. The number of nitrogens with one attached hydrogen (secondary N) is 1. The Morgan fingerprint density at radius 3 is 2.23 bits per heavy atom. The number of piperidine rings is 1. The molecule has 0 aliphatic carbocycles. The van der Waals surface area contributed by atoms with Crippen molar-refractivity contribution >= 4 is 23.3 Å². The Morgan fingerprint density at radius 1 is 1.17 bits per heavy atom. The number of thiophene rings is 1. The Balaban J connectivity index is 0.000000362. The van der Waals surface area contributed by atoms with Crippen molar-refractivity contribution in [3.8, 4) is 0 Å². The van der Waals surface area contributed by atoms with Crippen LogP contribution in [0, 0.1) is 5.92 Å². The fourth-order valence-electron chi connectivity index (χ4n) is 2.87. The molecule has 0 aromatic carbocycles. The van der Waals surface area contributed by atoms with Gasteiger partial charge in [0.25, 0.3) is 0 Å². The van der Waals surface area contributed by atoms with E-state index in [9.17, 15) is 26.3 Å². The average Bonchev–Trinajstić information content (AvgIpc) is 3.40. The Hall–Kier alpha value is -2.72. The van der Waals surface area contributed by atoms with Gasteiger partial charge in [0.2, 0.25) is 0 Å². The van der Waals surface area contributed by atoms with Crippen LogP contribution in [0.2, 0.25) is 0 Å². The molecule has 1 saturated heterocycles. The van der Waals surface area contributed by atoms with E-state index in [-0.39, 0.29) is 0 Å². The highest BCUT2D eigenvalue weighted by molar-refractivity contribution is 7.07. The topological polar surface area (TPSA) is 121 Å². The normalized spacial score (nSPS) is 16.1. The molecule has 2 aromatic heterocycles. The van der Waals surface area contributed by atoms with Crippen molar-refractivity contribution in [2.24, 2.45) is 5.92 Å². The lowest BCUT2D eigenvalue weighted by atomic mass is 10.00. The lowest BCUT2D eigenvalue weighted by molar-refractivity contribution is -0.193. The van der Waals surface area contributed by atoms with Crippen LogP contribution in [-0.2, 0) is 29.2 Å². The fraction of sp³-hybridized carbons (Fsp3) is 0.579. The number of aromatic nitrogens is 3. The summed E-state index contributed by atoms with van der Waals surface area (Å²) in [7, 11) is 2.13. The maximum Gasteiger partial charge on any atom is 0.490 e. The SMILES string of the molecule is CN(Cc1ccsc1)Cc1cn(CC2CCCNC2)nn1.O=C(O)C(F)(F)F.O=C(O)C(F)(F)F. The van der Waals surface area contributed by atoms with Gasteiger partial charge in [-0.3, -0.25) is 9.58 Å². The first-order valence-corrected chi connectivity index (χ1v) is 11.0. The van der Waals surface area contributed by atoms with Crippen molar-refractivity contribution in [3.63, 3.8) is 0 Å². The summed E-state index contributed by atoms with van der Waals surface area (Å²) in [6, 6.07) is 2.17. The maximum atomic E-state index is 10.6. The van der Waals surface area contributed by atoms with Gasteiger partial charge < -0.3 is 15.5 Å². The molecule has 1 aliphatic rings. The minimum Gasteiger partial charge on any atom is -0.475 e. The largest absolute Gasteiger partial charge is 0.490 e. The monoisotopic (exact) mass is 533 g/mol. The number of alkyl halides is 6. The summed E-state index contributed by atoms with van der Waals surface area (Å²) < 4.78 is 65.5. The molecule has 3 N–H and O–H groups in total. The molecular weight excluding hydrogens is 508 g/mol. The molecule has 1 atom stereocenters. The molecule has 0 amide bonds. The first kappa shape index (κ1) is 30.3. The quantitative estimate of drug-likeness (QED) is 0.484. The first-order valence-electron chi connectivity index (χ1n) is 10.1. The van der Waals surface area contributed by atoms with Gasteiger partial charge in [-0.25, -0.2) is 9.59 Å². The molecule has 0 spiro atoms. The third-order valence-electron chi connectivity index (χ3n) is 4.38. The van der Waals surface area contributed by atoms with E-state index in [1.807, 2.05) is 4.68 Å². The van der Waals surface area contributed by atoms with Crippen molar-refractivity contribution < 1.29 is 46.1 Å². The average molecular weight is 533 g/mol. The minimum atomic E-state index is -5.08. The van der Waals surface area contributed by atoms with Crippen LogP contribution in [-0.4, -0.2) is 74.5 Å². The van der Waals surface area contributed by atoms with E-state index in [0.717, 1.165) is 38.4 Å². The number of nitrogens with zero attached hydrogens (tertiary/aromatic N) is 4. The zero-order valence-electron chi connectivity index (χ0n) is 18.5. The van der Waals surface area contributed by atoms with E-state index >= 15 is 0 Å². The summed E-state index contributed by atoms with van der Waals surface area (Å²) in [5, 5.41) is 30.6. The molecule has 0 saturated carbocycles. The Bertz CT molecular complexity index is 874. The molecule has 198 valence electrons. The van der Waals surface area contributed by atoms with Gasteiger partial charge >= 0.3 is 24.3 Å². The van der Waals surface area contributed by atoms with E-state index in [2.05, 4.69) is 50.6 Å². The smallest absolute Gasteiger partial charge is 0.475 e. The van der Waals surface area contributed by atoms with E-state index in [0.29, 0.717) is 5.92 Å². The van der Waals surface area contributed by atoms with Crippen LogP contribution in [0.3, 0.4) is 0 Å². The molecule has 1 unspecified atom stereocenters. The van der Waals surface area contributed by atoms with E-state index in [1.165, 1.54) is 18.4 Å². The number of carbonyl (C=O) groups is 2. The van der Waals surface area contributed by atoms with Gasteiger partial charge in [0, 0.05) is 25.8 Å². The number of halogens is 6. The van der Waals surface area contributed by atoms with Crippen LogP contribution < -0.4 is 5.32 Å². The molecule has 0 radical (unpaired) electrons. The summed E-state index contributed by atoms with van der Waals surface area (Å²) in [5.74, 6) is -4.82. The lowest BCUT2D eigenvalue weighted by Gasteiger charge is -2.22. The minimum absolute atomic E-state index is 0.692. The van der Waals surface area contributed by atoms with Gasteiger partial charge in [-0.15, -0.1) is 5.10 Å². The molecule has 9 nitrogen and oxygen atoms in total. The Kier molecular flexibility index (Phi) is 12.1.